The van der Waals surface area contributed by atoms with Crippen molar-refractivity contribution in [3.8, 4) is 11.9 Å². The molecule has 0 aliphatic carbocycles. The van der Waals surface area contributed by atoms with Gasteiger partial charge < -0.3 is 4.74 Å². The molecule has 0 aliphatic rings. The van der Waals surface area contributed by atoms with Gasteiger partial charge in [0.1, 0.15) is 11.3 Å². The Bertz CT molecular complexity index is 583. The monoisotopic (exact) mass is 219 g/mol. The Morgan fingerprint density at radius 2 is 2.31 bits per heavy atom. The van der Waals surface area contributed by atoms with Gasteiger partial charge in [-0.25, -0.2) is 4.39 Å². The van der Waals surface area contributed by atoms with E-state index in [1.165, 1.54) is 23.8 Å². The normalized spacial score (nSPS) is 10.4. The van der Waals surface area contributed by atoms with Crippen LogP contribution in [0.4, 0.5) is 4.39 Å². The lowest BCUT2D eigenvalue weighted by molar-refractivity contribution is 0.383. The summed E-state index contributed by atoms with van der Waals surface area (Å²) in [5.74, 6) is 0.0512. The minimum Gasteiger partial charge on any atom is -0.481 e. The number of halogens is 1. The maximum Gasteiger partial charge on any atom is 0.214 e. The molecule has 0 spiro atoms. The molecule has 0 amide bonds. The summed E-state index contributed by atoms with van der Waals surface area (Å²) in [7, 11) is 1.49. The molecule has 2 heterocycles. The molecule has 5 heteroatoms. The Balaban J connectivity index is 2.83. The second-order valence-electron chi connectivity index (χ2n) is 3.38. The fraction of sp³-hybridized carbons (Fsp3) is 0.273. The van der Waals surface area contributed by atoms with Crippen molar-refractivity contribution in [2.75, 3.05) is 7.11 Å². The van der Waals surface area contributed by atoms with Crippen molar-refractivity contribution >= 4 is 5.52 Å². The first-order valence-corrected chi connectivity index (χ1v) is 4.76. The molecular weight excluding hydrogens is 209 g/mol. The van der Waals surface area contributed by atoms with Crippen LogP contribution in [0.5, 0.6) is 5.88 Å². The molecule has 4 nitrogen and oxygen atoms in total. The van der Waals surface area contributed by atoms with Crippen LogP contribution in [0.2, 0.25) is 0 Å². The smallest absolute Gasteiger partial charge is 0.214 e. The predicted molar refractivity (Wildman–Crippen MR) is 55.8 cm³/mol. The van der Waals surface area contributed by atoms with E-state index in [0.717, 1.165) is 0 Å². The van der Waals surface area contributed by atoms with Crippen LogP contribution < -0.4 is 4.74 Å². The van der Waals surface area contributed by atoms with E-state index in [-0.39, 0.29) is 6.42 Å². The molecule has 0 fully saturated rings. The summed E-state index contributed by atoms with van der Waals surface area (Å²) in [4.78, 5) is 0. The fourth-order valence-corrected chi connectivity index (χ4v) is 1.70. The van der Waals surface area contributed by atoms with E-state index >= 15 is 0 Å². The van der Waals surface area contributed by atoms with Gasteiger partial charge in [0.2, 0.25) is 5.88 Å². The third-order valence-corrected chi connectivity index (χ3v) is 2.46. The van der Waals surface area contributed by atoms with Gasteiger partial charge in [-0.05, 0) is 13.0 Å². The van der Waals surface area contributed by atoms with Crippen LogP contribution in [0.3, 0.4) is 0 Å². The highest BCUT2D eigenvalue weighted by molar-refractivity contribution is 5.60. The van der Waals surface area contributed by atoms with Crippen molar-refractivity contribution < 1.29 is 9.13 Å². The Labute approximate surface area is 91.9 Å². The van der Waals surface area contributed by atoms with E-state index in [4.69, 9.17) is 10.00 Å². The van der Waals surface area contributed by atoms with E-state index < -0.39 is 5.82 Å². The van der Waals surface area contributed by atoms with Crippen LogP contribution in [0, 0.1) is 24.1 Å². The third kappa shape index (κ3) is 1.39. The number of rotatable bonds is 2. The molecule has 0 saturated heterocycles. The average Bonchev–Trinajstić information content (AvgIpc) is 2.58. The molecule has 0 unspecified atom stereocenters. The van der Waals surface area contributed by atoms with Gasteiger partial charge in [-0.15, -0.1) is 0 Å². The maximum absolute atomic E-state index is 13.7. The summed E-state index contributed by atoms with van der Waals surface area (Å²) in [5.41, 5.74) is 1.57. The topological polar surface area (TPSA) is 50.3 Å². The van der Waals surface area contributed by atoms with E-state index in [0.29, 0.717) is 22.7 Å². The summed E-state index contributed by atoms with van der Waals surface area (Å²) < 4.78 is 20.1. The highest BCUT2D eigenvalue weighted by Crippen LogP contribution is 2.23. The van der Waals surface area contributed by atoms with E-state index in [1.807, 2.05) is 6.07 Å². The molecule has 2 aromatic heterocycles. The lowest BCUT2D eigenvalue weighted by Crippen LogP contribution is -1.97. The van der Waals surface area contributed by atoms with Crippen LogP contribution in [-0.4, -0.2) is 16.7 Å². The minimum atomic E-state index is -0.397. The number of aromatic nitrogens is 2. The number of pyridine rings is 1. The van der Waals surface area contributed by atoms with Crippen molar-refractivity contribution in [1.29, 1.82) is 5.26 Å². The van der Waals surface area contributed by atoms with Crippen LogP contribution >= 0.6 is 0 Å². The van der Waals surface area contributed by atoms with Gasteiger partial charge in [0.15, 0.2) is 0 Å². The summed E-state index contributed by atoms with van der Waals surface area (Å²) >= 11 is 0. The number of fused-ring (bicyclic) bond motifs is 1. The molecule has 16 heavy (non-hydrogen) atoms. The first-order valence-electron chi connectivity index (χ1n) is 4.76. The predicted octanol–water partition coefficient (Wildman–Crippen LogP) is 1.86. The van der Waals surface area contributed by atoms with Gasteiger partial charge in [-0.3, -0.25) is 0 Å². The minimum absolute atomic E-state index is 0.138. The molecule has 0 aromatic carbocycles. The lowest BCUT2D eigenvalue weighted by Gasteiger charge is -2.03. The van der Waals surface area contributed by atoms with Crippen molar-refractivity contribution in [2.24, 2.45) is 0 Å². The standard InChI is InChI=1S/C11H10FN3O/c1-7-8(5-6-13)11-9(12)3-4-10(16-2)15(11)14-7/h3-4H,5H2,1-2H3. The first kappa shape index (κ1) is 10.4. The number of ether oxygens (including phenoxy) is 1. The van der Waals surface area contributed by atoms with E-state index in [9.17, 15) is 4.39 Å². The van der Waals surface area contributed by atoms with Crippen molar-refractivity contribution in [1.82, 2.24) is 9.61 Å². The molecule has 0 atom stereocenters. The van der Waals surface area contributed by atoms with Gasteiger partial charge in [-0.1, -0.05) is 0 Å². The number of hydrogen-bond acceptors (Lipinski definition) is 3. The summed E-state index contributed by atoms with van der Waals surface area (Å²) in [6, 6.07) is 4.83. The Morgan fingerprint density at radius 3 is 2.94 bits per heavy atom. The van der Waals surface area contributed by atoms with Crippen molar-refractivity contribution in [2.45, 2.75) is 13.3 Å². The summed E-state index contributed by atoms with van der Waals surface area (Å²) in [5, 5.41) is 12.9. The SMILES string of the molecule is COc1ccc(F)c2c(CC#N)c(C)nn12. The van der Waals surface area contributed by atoms with Gasteiger partial charge in [-0.2, -0.15) is 14.9 Å². The van der Waals surface area contributed by atoms with E-state index in [1.54, 1.807) is 6.92 Å². The molecule has 82 valence electrons. The third-order valence-electron chi connectivity index (χ3n) is 2.46. The molecule has 0 saturated carbocycles. The second kappa shape index (κ2) is 3.81. The zero-order valence-corrected chi connectivity index (χ0v) is 8.99. The summed E-state index contributed by atoms with van der Waals surface area (Å²) in [6.45, 7) is 1.75. The molecule has 0 N–H and O–H groups in total. The molecule has 0 radical (unpaired) electrons. The number of nitriles is 1. The number of nitrogens with zero attached hydrogens (tertiary/aromatic N) is 3. The molecule has 0 aliphatic heterocycles. The molecule has 0 bridgehead atoms. The number of hydrogen-bond donors (Lipinski definition) is 0. The second-order valence-corrected chi connectivity index (χ2v) is 3.38. The molecule has 2 rings (SSSR count). The zero-order chi connectivity index (χ0) is 11.7. The maximum atomic E-state index is 13.7. The highest BCUT2D eigenvalue weighted by Gasteiger charge is 2.15. The zero-order valence-electron chi connectivity index (χ0n) is 8.99. The van der Waals surface area contributed by atoms with Gasteiger partial charge in [0, 0.05) is 11.6 Å². The Hall–Kier alpha value is -2.09. The number of methoxy groups -OCH3 is 1. The highest BCUT2D eigenvalue weighted by atomic mass is 19.1. The van der Waals surface area contributed by atoms with Crippen molar-refractivity contribution in [3.63, 3.8) is 0 Å². The van der Waals surface area contributed by atoms with Crippen LogP contribution in [0.25, 0.3) is 5.52 Å². The number of aryl methyl sites for hydroxylation is 1. The summed E-state index contributed by atoms with van der Waals surface area (Å²) in [6.07, 6.45) is 0.138. The Kier molecular flexibility index (Phi) is 2.49. The van der Waals surface area contributed by atoms with Gasteiger partial charge in [0.25, 0.3) is 0 Å². The van der Waals surface area contributed by atoms with Crippen molar-refractivity contribution in [3.05, 3.63) is 29.2 Å². The largest absolute Gasteiger partial charge is 0.481 e. The van der Waals surface area contributed by atoms with E-state index in [2.05, 4.69) is 5.10 Å². The van der Waals surface area contributed by atoms with Crippen LogP contribution in [0.1, 0.15) is 11.3 Å². The molecule has 2 aromatic rings. The van der Waals surface area contributed by atoms with Gasteiger partial charge >= 0.3 is 0 Å². The fourth-order valence-electron chi connectivity index (χ4n) is 1.70. The first-order chi connectivity index (χ1) is 7.69. The van der Waals surface area contributed by atoms with Gasteiger partial charge in [0.05, 0.1) is 25.3 Å². The lowest BCUT2D eigenvalue weighted by atomic mass is 10.1. The average molecular weight is 219 g/mol. The Morgan fingerprint density at radius 1 is 1.56 bits per heavy atom. The van der Waals surface area contributed by atoms with Crippen LogP contribution in [-0.2, 0) is 6.42 Å². The molecular formula is C11H10FN3O. The van der Waals surface area contributed by atoms with Crippen LogP contribution in [0.15, 0.2) is 12.1 Å². The quantitative estimate of drug-likeness (QED) is 0.774.